The lowest BCUT2D eigenvalue weighted by Gasteiger charge is -2.51. The van der Waals surface area contributed by atoms with Crippen LogP contribution in [0.25, 0.3) is 0 Å². The number of nitrogens with zero attached hydrogens (tertiary/aromatic N) is 1. The zero-order valence-corrected chi connectivity index (χ0v) is 20.5. The fourth-order valence-corrected chi connectivity index (χ4v) is 7.44. The first-order chi connectivity index (χ1) is 17.1. The molecule has 0 aliphatic carbocycles. The van der Waals surface area contributed by atoms with Crippen molar-refractivity contribution in [2.24, 2.45) is 0 Å². The van der Waals surface area contributed by atoms with E-state index in [1.165, 1.54) is 0 Å². The lowest BCUT2D eigenvalue weighted by atomic mass is 9.64. The van der Waals surface area contributed by atoms with Gasteiger partial charge < -0.3 is 14.4 Å². The first-order valence-corrected chi connectivity index (χ1v) is 13.4. The Hall–Kier alpha value is -3.57. The molecule has 1 atom stereocenters. The van der Waals surface area contributed by atoms with Crippen LogP contribution < -0.4 is 14.4 Å². The highest BCUT2D eigenvalue weighted by Gasteiger charge is 2.56. The predicted molar refractivity (Wildman–Crippen MR) is 139 cm³/mol. The Labute approximate surface area is 207 Å². The quantitative estimate of drug-likeness (QED) is 0.303. The van der Waals surface area contributed by atoms with Gasteiger partial charge in [-0.25, -0.2) is 0 Å². The van der Waals surface area contributed by atoms with Gasteiger partial charge in [-0.3, -0.25) is 4.21 Å². The summed E-state index contributed by atoms with van der Waals surface area (Å²) in [5.74, 6) is 3.63. The molecule has 3 heterocycles. The van der Waals surface area contributed by atoms with Gasteiger partial charge in [-0.1, -0.05) is 42.8 Å². The molecule has 0 fully saturated rings. The molecule has 35 heavy (non-hydrogen) atoms. The SMILES string of the molecule is CCCN1c2cccc3c2C2(CS(=O)c4ccc(C)cc4)c4c(cccc4Oc4cccc1c42)O3. The van der Waals surface area contributed by atoms with E-state index >= 15 is 0 Å². The fourth-order valence-electron chi connectivity index (χ4n) is 6.01. The summed E-state index contributed by atoms with van der Waals surface area (Å²) >= 11 is 0. The predicted octanol–water partition coefficient (Wildman–Crippen LogP) is 7.21. The van der Waals surface area contributed by atoms with Gasteiger partial charge in [0, 0.05) is 39.7 Å². The van der Waals surface area contributed by atoms with Crippen molar-refractivity contribution < 1.29 is 13.7 Å². The third-order valence-electron chi connectivity index (χ3n) is 7.38. The van der Waals surface area contributed by atoms with Crippen LogP contribution in [0.2, 0.25) is 0 Å². The highest BCUT2D eigenvalue weighted by Crippen LogP contribution is 2.66. The molecule has 174 valence electrons. The van der Waals surface area contributed by atoms with E-state index in [4.69, 9.17) is 9.47 Å². The van der Waals surface area contributed by atoms with Crippen molar-refractivity contribution in [1.82, 2.24) is 0 Å². The number of benzene rings is 4. The molecule has 0 N–H and O–H groups in total. The summed E-state index contributed by atoms with van der Waals surface area (Å²) in [6.45, 7) is 5.12. The van der Waals surface area contributed by atoms with Gasteiger partial charge in [-0.2, -0.15) is 0 Å². The van der Waals surface area contributed by atoms with Crippen molar-refractivity contribution in [3.8, 4) is 23.0 Å². The Kier molecular flexibility index (Phi) is 4.43. The van der Waals surface area contributed by atoms with E-state index in [0.717, 1.165) is 74.5 Å². The van der Waals surface area contributed by atoms with Gasteiger partial charge >= 0.3 is 0 Å². The Bertz CT molecular complexity index is 1450. The number of hydrogen-bond acceptors (Lipinski definition) is 4. The van der Waals surface area contributed by atoms with Gasteiger partial charge in [0.05, 0.1) is 21.8 Å². The minimum Gasteiger partial charge on any atom is -0.456 e. The van der Waals surface area contributed by atoms with Crippen molar-refractivity contribution in [2.75, 3.05) is 17.2 Å². The number of ether oxygens (including phenoxy) is 2. The van der Waals surface area contributed by atoms with Crippen molar-refractivity contribution in [2.45, 2.75) is 30.6 Å². The molecular formula is C30H25NO3S. The highest BCUT2D eigenvalue weighted by molar-refractivity contribution is 7.85. The first-order valence-electron chi connectivity index (χ1n) is 12.1. The third kappa shape index (κ3) is 2.76. The second-order valence-electron chi connectivity index (χ2n) is 9.49. The van der Waals surface area contributed by atoms with E-state index < -0.39 is 16.2 Å². The molecule has 0 saturated carbocycles. The molecule has 0 radical (unpaired) electrons. The molecule has 4 nitrogen and oxygen atoms in total. The second kappa shape index (κ2) is 7.46. The van der Waals surface area contributed by atoms with Crippen LogP contribution in [-0.4, -0.2) is 16.5 Å². The Morgan fingerprint density at radius 3 is 1.80 bits per heavy atom. The Morgan fingerprint density at radius 1 is 0.743 bits per heavy atom. The van der Waals surface area contributed by atoms with Crippen molar-refractivity contribution in [3.63, 3.8) is 0 Å². The molecular weight excluding hydrogens is 454 g/mol. The fraction of sp³-hybridized carbons (Fsp3) is 0.200. The molecule has 7 rings (SSSR count). The molecule has 4 aromatic rings. The smallest absolute Gasteiger partial charge is 0.135 e. The van der Waals surface area contributed by atoms with Crippen molar-refractivity contribution in [1.29, 1.82) is 0 Å². The van der Waals surface area contributed by atoms with Crippen molar-refractivity contribution >= 4 is 22.2 Å². The summed E-state index contributed by atoms with van der Waals surface area (Å²) in [5.41, 5.74) is 5.94. The number of anilines is 2. The lowest BCUT2D eigenvalue weighted by Crippen LogP contribution is -2.45. The molecule has 0 spiro atoms. The van der Waals surface area contributed by atoms with E-state index in [1.54, 1.807) is 0 Å². The number of rotatable bonds is 5. The summed E-state index contributed by atoms with van der Waals surface area (Å²) in [6, 6.07) is 26.6. The standard InChI is InChI=1S/C30H25NO3S/c1-3-17-31-21-7-4-9-23-27(21)30(18-35(32)20-15-13-19(2)14-16-20)28-22(31)8-5-10-24(28)34-26-12-6-11-25(33-23)29(26)30/h4-16H,3,17-18H2,1-2H3. The molecule has 0 aromatic heterocycles. The minimum absolute atomic E-state index is 0.417. The molecule has 1 unspecified atom stereocenters. The van der Waals surface area contributed by atoms with Crippen LogP contribution in [-0.2, 0) is 16.2 Å². The highest BCUT2D eigenvalue weighted by atomic mass is 32.2. The zero-order chi connectivity index (χ0) is 23.7. The van der Waals surface area contributed by atoms with Crippen LogP contribution in [0.3, 0.4) is 0 Å². The van der Waals surface area contributed by atoms with Gasteiger partial charge in [0.25, 0.3) is 0 Å². The molecule has 4 aromatic carbocycles. The van der Waals surface area contributed by atoms with Crippen LogP contribution >= 0.6 is 0 Å². The number of aryl methyl sites for hydroxylation is 1. The molecule has 0 bridgehead atoms. The van der Waals surface area contributed by atoms with Crippen LogP contribution in [0.15, 0.2) is 83.8 Å². The first kappa shape index (κ1) is 20.8. The largest absolute Gasteiger partial charge is 0.456 e. The summed E-state index contributed by atoms with van der Waals surface area (Å²) in [6.07, 6.45) is 0.999. The van der Waals surface area contributed by atoms with E-state index in [1.807, 2.05) is 54.6 Å². The maximum absolute atomic E-state index is 14.1. The van der Waals surface area contributed by atoms with Gasteiger partial charge in [0.15, 0.2) is 0 Å². The zero-order valence-electron chi connectivity index (χ0n) is 19.7. The Balaban J connectivity index is 1.57. The van der Waals surface area contributed by atoms with Crippen molar-refractivity contribution in [3.05, 3.63) is 101 Å². The second-order valence-corrected chi connectivity index (χ2v) is 10.9. The van der Waals surface area contributed by atoms with E-state index in [9.17, 15) is 4.21 Å². The summed E-state index contributed by atoms with van der Waals surface area (Å²) < 4.78 is 27.1. The molecule has 0 saturated heterocycles. The van der Waals surface area contributed by atoms with Crippen LogP contribution in [0.5, 0.6) is 23.0 Å². The normalized spacial score (nSPS) is 16.1. The van der Waals surface area contributed by atoms with Crippen LogP contribution in [0.1, 0.15) is 35.6 Å². The summed E-state index contributed by atoms with van der Waals surface area (Å²) in [4.78, 5) is 3.21. The monoisotopic (exact) mass is 479 g/mol. The van der Waals surface area contributed by atoms with Crippen LogP contribution in [0.4, 0.5) is 11.4 Å². The topological polar surface area (TPSA) is 38.8 Å². The molecule has 5 heteroatoms. The maximum Gasteiger partial charge on any atom is 0.135 e. The average Bonchev–Trinajstić information content (AvgIpc) is 2.87. The van der Waals surface area contributed by atoms with E-state index in [2.05, 4.69) is 43.0 Å². The average molecular weight is 480 g/mol. The van der Waals surface area contributed by atoms with Crippen LogP contribution in [0, 0.1) is 6.92 Å². The van der Waals surface area contributed by atoms with E-state index in [0.29, 0.717) is 5.75 Å². The van der Waals surface area contributed by atoms with Gasteiger partial charge in [0.2, 0.25) is 0 Å². The van der Waals surface area contributed by atoms with Gasteiger partial charge in [-0.05, 0) is 61.9 Å². The lowest BCUT2D eigenvalue weighted by molar-refractivity contribution is 0.376. The van der Waals surface area contributed by atoms with Gasteiger partial charge in [0.1, 0.15) is 23.0 Å². The van der Waals surface area contributed by atoms with E-state index in [-0.39, 0.29) is 0 Å². The molecule has 3 aliphatic rings. The summed E-state index contributed by atoms with van der Waals surface area (Å²) in [5, 5.41) is 0. The molecule has 0 amide bonds. The maximum atomic E-state index is 14.1. The Morgan fingerprint density at radius 2 is 1.26 bits per heavy atom. The number of hydrogen-bond donors (Lipinski definition) is 0. The van der Waals surface area contributed by atoms with Gasteiger partial charge in [-0.15, -0.1) is 0 Å². The third-order valence-corrected chi connectivity index (χ3v) is 8.87. The molecule has 3 aliphatic heterocycles. The minimum atomic E-state index is -1.25. The summed E-state index contributed by atoms with van der Waals surface area (Å²) in [7, 11) is -1.25.